The van der Waals surface area contributed by atoms with Gasteiger partial charge in [-0.15, -0.1) is 0 Å². The predicted octanol–water partition coefficient (Wildman–Crippen LogP) is 2.47. The Labute approximate surface area is 116 Å². The molecule has 0 fully saturated rings. The molecule has 1 rings (SSSR count). The van der Waals surface area contributed by atoms with Crippen LogP contribution in [0.1, 0.15) is 33.0 Å². The second kappa shape index (κ2) is 7.94. The minimum Gasteiger partial charge on any atom is -0.383 e. The van der Waals surface area contributed by atoms with E-state index in [0.29, 0.717) is 12.6 Å². The molecule has 5 heteroatoms. The maximum atomic E-state index is 5.17. The van der Waals surface area contributed by atoms with Crippen LogP contribution in [0.25, 0.3) is 0 Å². The summed E-state index contributed by atoms with van der Waals surface area (Å²) in [6.45, 7) is 10.8. The van der Waals surface area contributed by atoms with Crippen molar-refractivity contribution >= 4 is 11.6 Å². The fraction of sp³-hybridized carbons (Fsp3) is 0.714. The van der Waals surface area contributed by atoms with Gasteiger partial charge in [0, 0.05) is 32.3 Å². The third kappa shape index (κ3) is 5.03. The largest absolute Gasteiger partial charge is 0.383 e. The lowest BCUT2D eigenvalue weighted by molar-refractivity contribution is 0.203. The summed E-state index contributed by atoms with van der Waals surface area (Å²) in [7, 11) is 1.72. The van der Waals surface area contributed by atoms with Crippen molar-refractivity contribution in [2.75, 3.05) is 37.0 Å². The zero-order chi connectivity index (χ0) is 14.3. The summed E-state index contributed by atoms with van der Waals surface area (Å²) in [5.41, 5.74) is 0. The zero-order valence-electron chi connectivity index (χ0n) is 12.7. The van der Waals surface area contributed by atoms with Crippen LogP contribution in [-0.2, 0) is 4.74 Å². The number of hydrogen-bond donors (Lipinski definition) is 1. The molecule has 0 saturated heterocycles. The molecular weight excluding hydrogens is 240 g/mol. The highest BCUT2D eigenvalue weighted by atomic mass is 16.5. The Morgan fingerprint density at radius 3 is 2.68 bits per heavy atom. The first-order chi connectivity index (χ1) is 9.08. The first kappa shape index (κ1) is 15.7. The average Bonchev–Trinajstić information content (AvgIpc) is 2.36. The van der Waals surface area contributed by atoms with Crippen LogP contribution in [-0.4, -0.2) is 42.8 Å². The van der Waals surface area contributed by atoms with Crippen LogP contribution in [0.15, 0.2) is 6.07 Å². The molecule has 19 heavy (non-hydrogen) atoms. The molecule has 0 aromatic carbocycles. The van der Waals surface area contributed by atoms with Crippen LogP contribution in [0.3, 0.4) is 0 Å². The van der Waals surface area contributed by atoms with E-state index >= 15 is 0 Å². The number of ether oxygens (including phenoxy) is 1. The lowest BCUT2D eigenvalue weighted by Crippen LogP contribution is -2.34. The van der Waals surface area contributed by atoms with Crippen LogP contribution < -0.4 is 10.2 Å². The van der Waals surface area contributed by atoms with E-state index in [4.69, 9.17) is 4.74 Å². The van der Waals surface area contributed by atoms with Crippen LogP contribution in [0.2, 0.25) is 0 Å². The smallest absolute Gasteiger partial charge is 0.134 e. The Bertz CT molecular complexity index is 382. The van der Waals surface area contributed by atoms with E-state index in [1.165, 1.54) is 0 Å². The van der Waals surface area contributed by atoms with Gasteiger partial charge in [0.1, 0.15) is 17.5 Å². The third-order valence-corrected chi connectivity index (χ3v) is 2.83. The van der Waals surface area contributed by atoms with Gasteiger partial charge in [-0.1, -0.05) is 6.92 Å². The maximum absolute atomic E-state index is 5.17. The maximum Gasteiger partial charge on any atom is 0.134 e. The second-order valence-electron chi connectivity index (χ2n) is 4.87. The van der Waals surface area contributed by atoms with Crippen LogP contribution in [0.5, 0.6) is 0 Å². The summed E-state index contributed by atoms with van der Waals surface area (Å²) in [4.78, 5) is 11.2. The molecule has 0 saturated carbocycles. The van der Waals surface area contributed by atoms with Gasteiger partial charge in [-0.3, -0.25) is 0 Å². The highest BCUT2D eigenvalue weighted by molar-refractivity contribution is 5.50. The quantitative estimate of drug-likeness (QED) is 0.783. The number of rotatable bonds is 8. The van der Waals surface area contributed by atoms with Crippen molar-refractivity contribution in [3.8, 4) is 0 Å². The number of aromatic nitrogens is 2. The number of hydrogen-bond acceptors (Lipinski definition) is 5. The SMILES string of the molecule is CCCNc1cc(N(CCOC)C(C)C)nc(C)n1. The van der Waals surface area contributed by atoms with Crippen molar-refractivity contribution in [2.45, 2.75) is 40.2 Å². The van der Waals surface area contributed by atoms with Crippen molar-refractivity contribution in [3.05, 3.63) is 11.9 Å². The molecule has 0 atom stereocenters. The van der Waals surface area contributed by atoms with Gasteiger partial charge in [0.25, 0.3) is 0 Å². The van der Waals surface area contributed by atoms with E-state index in [-0.39, 0.29) is 0 Å². The number of aryl methyl sites for hydroxylation is 1. The van der Waals surface area contributed by atoms with E-state index in [1.807, 2.05) is 13.0 Å². The zero-order valence-corrected chi connectivity index (χ0v) is 12.7. The van der Waals surface area contributed by atoms with E-state index in [2.05, 4.69) is 41.0 Å². The van der Waals surface area contributed by atoms with Crippen LogP contribution in [0.4, 0.5) is 11.6 Å². The predicted molar refractivity (Wildman–Crippen MR) is 79.9 cm³/mol. The van der Waals surface area contributed by atoms with Crippen LogP contribution >= 0.6 is 0 Å². The molecule has 1 heterocycles. The number of anilines is 2. The molecular formula is C14H26N4O. The third-order valence-electron chi connectivity index (χ3n) is 2.83. The van der Waals surface area contributed by atoms with Crippen molar-refractivity contribution in [3.63, 3.8) is 0 Å². The first-order valence-electron chi connectivity index (χ1n) is 6.93. The van der Waals surface area contributed by atoms with Gasteiger partial charge >= 0.3 is 0 Å². The van der Waals surface area contributed by atoms with Crippen molar-refractivity contribution < 1.29 is 4.74 Å². The molecule has 0 unspecified atom stereocenters. The molecule has 0 radical (unpaired) electrons. The Hall–Kier alpha value is -1.36. The molecule has 1 aromatic heterocycles. The van der Waals surface area contributed by atoms with Crippen LogP contribution in [0, 0.1) is 6.92 Å². The number of methoxy groups -OCH3 is 1. The van der Waals surface area contributed by atoms with Gasteiger partial charge in [-0.25, -0.2) is 9.97 Å². The van der Waals surface area contributed by atoms with Crippen molar-refractivity contribution in [2.24, 2.45) is 0 Å². The minimum atomic E-state index is 0.378. The van der Waals surface area contributed by atoms with Crippen molar-refractivity contribution in [1.29, 1.82) is 0 Å². The average molecular weight is 266 g/mol. The summed E-state index contributed by atoms with van der Waals surface area (Å²) in [6.07, 6.45) is 1.08. The van der Waals surface area contributed by atoms with Gasteiger partial charge in [0.05, 0.1) is 6.61 Å². The Balaban J connectivity index is 2.91. The van der Waals surface area contributed by atoms with E-state index in [0.717, 1.165) is 37.0 Å². The Morgan fingerprint density at radius 2 is 2.11 bits per heavy atom. The van der Waals surface area contributed by atoms with E-state index in [1.54, 1.807) is 7.11 Å². The monoisotopic (exact) mass is 266 g/mol. The molecule has 0 aliphatic carbocycles. The lowest BCUT2D eigenvalue weighted by atomic mass is 10.3. The molecule has 5 nitrogen and oxygen atoms in total. The molecule has 1 aromatic rings. The molecule has 0 amide bonds. The highest BCUT2D eigenvalue weighted by Gasteiger charge is 2.13. The highest BCUT2D eigenvalue weighted by Crippen LogP contribution is 2.18. The normalized spacial score (nSPS) is 10.8. The first-order valence-corrected chi connectivity index (χ1v) is 6.93. The lowest BCUT2D eigenvalue weighted by Gasteiger charge is -2.28. The number of nitrogens with zero attached hydrogens (tertiary/aromatic N) is 3. The van der Waals surface area contributed by atoms with Gasteiger partial charge in [-0.2, -0.15) is 0 Å². The van der Waals surface area contributed by atoms with Gasteiger partial charge in [0.15, 0.2) is 0 Å². The standard InChI is InChI=1S/C14H26N4O/c1-6-7-15-13-10-14(17-12(4)16-13)18(11(2)3)8-9-19-5/h10-11H,6-9H2,1-5H3,(H,15,16,17). The molecule has 108 valence electrons. The second-order valence-corrected chi connectivity index (χ2v) is 4.87. The fourth-order valence-corrected chi connectivity index (χ4v) is 1.87. The topological polar surface area (TPSA) is 50.3 Å². The molecule has 0 spiro atoms. The molecule has 1 N–H and O–H groups in total. The summed E-state index contributed by atoms with van der Waals surface area (Å²) in [6, 6.07) is 2.39. The summed E-state index contributed by atoms with van der Waals surface area (Å²) in [5, 5.41) is 3.32. The molecule has 0 bridgehead atoms. The van der Waals surface area contributed by atoms with E-state index in [9.17, 15) is 0 Å². The summed E-state index contributed by atoms with van der Waals surface area (Å²) < 4.78 is 5.17. The van der Waals surface area contributed by atoms with Gasteiger partial charge in [0.2, 0.25) is 0 Å². The summed E-state index contributed by atoms with van der Waals surface area (Å²) >= 11 is 0. The molecule has 0 aliphatic heterocycles. The Morgan fingerprint density at radius 1 is 1.37 bits per heavy atom. The van der Waals surface area contributed by atoms with E-state index < -0.39 is 0 Å². The summed E-state index contributed by atoms with van der Waals surface area (Å²) in [5.74, 6) is 2.64. The Kier molecular flexibility index (Phi) is 6.56. The minimum absolute atomic E-state index is 0.378. The molecule has 0 aliphatic rings. The fourth-order valence-electron chi connectivity index (χ4n) is 1.87. The van der Waals surface area contributed by atoms with Crippen molar-refractivity contribution in [1.82, 2.24) is 9.97 Å². The number of nitrogens with one attached hydrogen (secondary N) is 1. The van der Waals surface area contributed by atoms with Gasteiger partial charge < -0.3 is 15.0 Å². The van der Waals surface area contributed by atoms with Gasteiger partial charge in [-0.05, 0) is 27.2 Å².